The molecule has 4 heteroatoms. The van der Waals surface area contributed by atoms with Crippen LogP contribution in [0.1, 0.15) is 41.1 Å². The van der Waals surface area contributed by atoms with Gasteiger partial charge in [0.05, 0.1) is 11.7 Å². The summed E-state index contributed by atoms with van der Waals surface area (Å²) < 4.78 is 5.24. The SMILES string of the molecule is Cc1noc(C)c1C(C)N1Cc2ccccc2C1=N. The Morgan fingerprint density at radius 1 is 1.32 bits per heavy atom. The Kier molecular flexibility index (Phi) is 2.66. The smallest absolute Gasteiger partial charge is 0.139 e. The quantitative estimate of drug-likeness (QED) is 0.896. The average Bonchev–Trinajstić information content (AvgIpc) is 2.91. The van der Waals surface area contributed by atoms with E-state index in [0.29, 0.717) is 5.84 Å². The highest BCUT2D eigenvalue weighted by atomic mass is 16.5. The van der Waals surface area contributed by atoms with Gasteiger partial charge in [-0.05, 0) is 26.3 Å². The molecule has 98 valence electrons. The zero-order valence-corrected chi connectivity index (χ0v) is 11.4. The summed E-state index contributed by atoms with van der Waals surface area (Å²) in [6.07, 6.45) is 0. The number of fused-ring (bicyclic) bond motifs is 1. The summed E-state index contributed by atoms with van der Waals surface area (Å²) in [5.74, 6) is 1.43. The zero-order valence-electron chi connectivity index (χ0n) is 11.4. The number of nitrogens with zero attached hydrogens (tertiary/aromatic N) is 2. The molecule has 19 heavy (non-hydrogen) atoms. The standard InChI is InChI=1S/C15H17N3O/c1-9-14(11(3)19-17-9)10(2)18-8-12-6-4-5-7-13(12)15(18)16/h4-7,10,16H,8H2,1-3H3. The number of hydrogen-bond acceptors (Lipinski definition) is 3. The van der Waals surface area contributed by atoms with E-state index in [-0.39, 0.29) is 6.04 Å². The van der Waals surface area contributed by atoms with Crippen LogP contribution in [0.25, 0.3) is 0 Å². The normalized spacial score (nSPS) is 15.7. The van der Waals surface area contributed by atoms with E-state index in [1.807, 2.05) is 32.0 Å². The van der Waals surface area contributed by atoms with Gasteiger partial charge in [0.1, 0.15) is 11.6 Å². The average molecular weight is 255 g/mol. The molecule has 2 heterocycles. The van der Waals surface area contributed by atoms with Crippen LogP contribution in [-0.2, 0) is 6.54 Å². The topological polar surface area (TPSA) is 53.1 Å². The molecule has 4 nitrogen and oxygen atoms in total. The van der Waals surface area contributed by atoms with Crippen LogP contribution in [0.4, 0.5) is 0 Å². The summed E-state index contributed by atoms with van der Waals surface area (Å²) >= 11 is 0. The van der Waals surface area contributed by atoms with Gasteiger partial charge in [-0.25, -0.2) is 0 Å². The molecule has 0 aliphatic carbocycles. The third-order valence-corrected chi connectivity index (χ3v) is 3.87. The van der Waals surface area contributed by atoms with Crippen molar-refractivity contribution in [2.45, 2.75) is 33.4 Å². The van der Waals surface area contributed by atoms with Gasteiger partial charge in [0.15, 0.2) is 0 Å². The Labute approximate surface area is 112 Å². The molecule has 1 aliphatic heterocycles. The van der Waals surface area contributed by atoms with Gasteiger partial charge < -0.3 is 9.42 Å². The maximum Gasteiger partial charge on any atom is 0.139 e. The Bertz CT molecular complexity index is 625. The van der Waals surface area contributed by atoms with Crippen molar-refractivity contribution < 1.29 is 4.52 Å². The first-order chi connectivity index (χ1) is 9.09. The van der Waals surface area contributed by atoms with Gasteiger partial charge in [0, 0.05) is 17.7 Å². The Hall–Kier alpha value is -2.10. The van der Waals surface area contributed by atoms with Gasteiger partial charge in [0.25, 0.3) is 0 Å². The highest BCUT2D eigenvalue weighted by Gasteiger charge is 2.30. The van der Waals surface area contributed by atoms with Crippen molar-refractivity contribution >= 4 is 5.84 Å². The number of aromatic nitrogens is 1. The predicted molar refractivity (Wildman–Crippen MR) is 73.2 cm³/mol. The third kappa shape index (κ3) is 1.75. The summed E-state index contributed by atoms with van der Waals surface area (Å²) in [5, 5.41) is 12.3. The molecule has 0 amide bonds. The fourth-order valence-corrected chi connectivity index (χ4v) is 2.88. The molecule has 1 aromatic heterocycles. The third-order valence-electron chi connectivity index (χ3n) is 3.87. The first kappa shape index (κ1) is 12.0. The van der Waals surface area contributed by atoms with Gasteiger partial charge in [-0.3, -0.25) is 5.41 Å². The van der Waals surface area contributed by atoms with Gasteiger partial charge >= 0.3 is 0 Å². The van der Waals surface area contributed by atoms with E-state index in [9.17, 15) is 0 Å². The maximum absolute atomic E-state index is 8.34. The van der Waals surface area contributed by atoms with Gasteiger partial charge in [-0.15, -0.1) is 0 Å². The minimum atomic E-state index is 0.103. The van der Waals surface area contributed by atoms with Gasteiger partial charge in [0.2, 0.25) is 0 Å². The molecule has 1 aliphatic rings. The molecule has 0 spiro atoms. The van der Waals surface area contributed by atoms with Crippen molar-refractivity contribution in [1.29, 1.82) is 5.41 Å². The molecule has 1 aromatic carbocycles. The van der Waals surface area contributed by atoms with Crippen LogP contribution in [0.3, 0.4) is 0 Å². The number of nitrogens with one attached hydrogen (secondary N) is 1. The van der Waals surface area contributed by atoms with Crippen molar-refractivity contribution in [2.75, 3.05) is 0 Å². The van der Waals surface area contributed by atoms with Crippen molar-refractivity contribution in [3.8, 4) is 0 Å². The van der Waals surface area contributed by atoms with E-state index in [1.54, 1.807) is 0 Å². The van der Waals surface area contributed by atoms with E-state index in [0.717, 1.165) is 29.1 Å². The molecule has 0 fully saturated rings. The lowest BCUT2D eigenvalue weighted by Crippen LogP contribution is -2.27. The number of aryl methyl sites for hydroxylation is 2. The molecule has 0 radical (unpaired) electrons. The molecular formula is C15H17N3O. The van der Waals surface area contributed by atoms with Crippen molar-refractivity contribution in [3.63, 3.8) is 0 Å². The second-order valence-corrected chi connectivity index (χ2v) is 5.05. The molecule has 0 saturated heterocycles. The first-order valence-electron chi connectivity index (χ1n) is 6.46. The van der Waals surface area contributed by atoms with E-state index in [4.69, 9.17) is 9.93 Å². The molecule has 1 atom stereocenters. The number of hydrogen-bond donors (Lipinski definition) is 1. The Morgan fingerprint density at radius 2 is 2.05 bits per heavy atom. The van der Waals surface area contributed by atoms with Crippen LogP contribution in [-0.4, -0.2) is 15.9 Å². The Morgan fingerprint density at radius 3 is 2.68 bits per heavy atom. The van der Waals surface area contributed by atoms with E-state index >= 15 is 0 Å². The monoisotopic (exact) mass is 255 g/mol. The largest absolute Gasteiger partial charge is 0.361 e. The van der Waals surface area contributed by atoms with Gasteiger partial charge in [-0.1, -0.05) is 29.4 Å². The summed E-state index contributed by atoms with van der Waals surface area (Å²) in [6.45, 7) is 6.76. The fraction of sp³-hybridized carbons (Fsp3) is 0.333. The maximum atomic E-state index is 8.34. The summed E-state index contributed by atoms with van der Waals surface area (Å²) in [7, 11) is 0. The highest BCUT2D eigenvalue weighted by molar-refractivity contribution is 6.00. The van der Waals surface area contributed by atoms with Crippen LogP contribution in [0.5, 0.6) is 0 Å². The molecule has 1 N–H and O–H groups in total. The lowest BCUT2D eigenvalue weighted by atomic mass is 10.1. The number of rotatable bonds is 2. The number of amidine groups is 1. The Balaban J connectivity index is 1.96. The molecule has 2 aromatic rings. The van der Waals surface area contributed by atoms with Crippen LogP contribution < -0.4 is 0 Å². The molecule has 1 unspecified atom stereocenters. The van der Waals surface area contributed by atoms with Crippen LogP contribution in [0.15, 0.2) is 28.8 Å². The fourth-order valence-electron chi connectivity index (χ4n) is 2.88. The molecule has 0 saturated carbocycles. The predicted octanol–water partition coefficient (Wildman–Crippen LogP) is 3.19. The second kappa shape index (κ2) is 4.23. The first-order valence-corrected chi connectivity index (χ1v) is 6.46. The minimum absolute atomic E-state index is 0.103. The summed E-state index contributed by atoms with van der Waals surface area (Å²) in [6, 6.07) is 8.21. The van der Waals surface area contributed by atoms with Crippen molar-refractivity contribution in [1.82, 2.24) is 10.1 Å². The van der Waals surface area contributed by atoms with Gasteiger partial charge in [-0.2, -0.15) is 0 Å². The molecule has 3 rings (SSSR count). The van der Waals surface area contributed by atoms with E-state index < -0.39 is 0 Å². The van der Waals surface area contributed by atoms with Crippen LogP contribution >= 0.6 is 0 Å². The van der Waals surface area contributed by atoms with Crippen molar-refractivity contribution in [3.05, 3.63) is 52.4 Å². The lowest BCUT2D eigenvalue weighted by molar-refractivity contribution is 0.334. The summed E-state index contributed by atoms with van der Waals surface area (Å²) in [5.41, 5.74) is 4.25. The number of benzene rings is 1. The highest BCUT2D eigenvalue weighted by Crippen LogP contribution is 2.33. The van der Waals surface area contributed by atoms with E-state index in [2.05, 4.69) is 23.0 Å². The van der Waals surface area contributed by atoms with Crippen LogP contribution in [0.2, 0.25) is 0 Å². The molecular weight excluding hydrogens is 238 g/mol. The van der Waals surface area contributed by atoms with Crippen molar-refractivity contribution in [2.24, 2.45) is 0 Å². The zero-order chi connectivity index (χ0) is 13.6. The summed E-state index contributed by atoms with van der Waals surface area (Å²) in [4.78, 5) is 2.09. The van der Waals surface area contributed by atoms with E-state index in [1.165, 1.54) is 5.56 Å². The van der Waals surface area contributed by atoms with Crippen LogP contribution in [0, 0.1) is 19.3 Å². The molecule has 0 bridgehead atoms. The minimum Gasteiger partial charge on any atom is -0.361 e. The second-order valence-electron chi connectivity index (χ2n) is 5.05. The lowest BCUT2D eigenvalue weighted by Gasteiger charge is -2.26.